The monoisotopic (exact) mass is 204 g/mol. The maximum atomic E-state index is 5.02. The first-order valence-electron chi connectivity index (χ1n) is 4.60. The molecule has 0 saturated heterocycles. The molecule has 2 aromatic heterocycles. The fourth-order valence-corrected chi connectivity index (χ4v) is 1.36. The second-order valence-corrected chi connectivity index (χ2v) is 3.17. The van der Waals surface area contributed by atoms with E-state index in [4.69, 9.17) is 4.74 Å². The molecule has 0 spiro atoms. The Bertz CT molecular complexity index is 438. The molecule has 0 atom stereocenters. The highest BCUT2D eigenvalue weighted by Crippen LogP contribution is 2.15. The minimum atomic E-state index is 0.462. The molecule has 15 heavy (non-hydrogen) atoms. The van der Waals surface area contributed by atoms with Gasteiger partial charge in [0.2, 0.25) is 0 Å². The minimum absolute atomic E-state index is 0.462. The maximum absolute atomic E-state index is 5.02. The number of rotatable bonds is 3. The molecule has 0 fully saturated rings. The number of hydrogen-bond acceptors (Lipinski definition) is 4. The lowest BCUT2D eigenvalue weighted by molar-refractivity contribution is 0.175. The van der Waals surface area contributed by atoms with Gasteiger partial charge in [-0.25, -0.2) is 0 Å². The van der Waals surface area contributed by atoms with Crippen molar-refractivity contribution >= 4 is 0 Å². The molecule has 0 unspecified atom stereocenters. The van der Waals surface area contributed by atoms with Crippen LogP contribution in [0.1, 0.15) is 5.82 Å². The van der Waals surface area contributed by atoms with Crippen LogP contribution in [0.4, 0.5) is 0 Å². The van der Waals surface area contributed by atoms with Gasteiger partial charge in [-0.1, -0.05) is 0 Å². The van der Waals surface area contributed by atoms with Gasteiger partial charge in [-0.3, -0.25) is 4.98 Å². The molecular formula is C10H12N4O. The van der Waals surface area contributed by atoms with E-state index in [2.05, 4.69) is 15.2 Å². The second kappa shape index (κ2) is 4.18. The largest absolute Gasteiger partial charge is 0.377 e. The first kappa shape index (κ1) is 9.79. The molecule has 0 N–H and O–H groups in total. The summed E-state index contributed by atoms with van der Waals surface area (Å²) in [6.07, 6.45) is 3.50. The van der Waals surface area contributed by atoms with Gasteiger partial charge >= 0.3 is 0 Å². The summed E-state index contributed by atoms with van der Waals surface area (Å²) in [6, 6.07) is 3.83. The Morgan fingerprint density at radius 1 is 1.40 bits per heavy atom. The minimum Gasteiger partial charge on any atom is -0.377 e. The van der Waals surface area contributed by atoms with Crippen molar-refractivity contribution in [2.45, 2.75) is 6.61 Å². The first-order chi connectivity index (χ1) is 7.33. The lowest BCUT2D eigenvalue weighted by Gasteiger charge is -2.02. The predicted molar refractivity (Wildman–Crippen MR) is 54.9 cm³/mol. The predicted octanol–water partition coefficient (Wildman–Crippen LogP) is 1.02. The van der Waals surface area contributed by atoms with Crippen molar-refractivity contribution in [3.05, 3.63) is 30.4 Å². The molecule has 0 bridgehead atoms. The fourth-order valence-electron chi connectivity index (χ4n) is 1.36. The van der Waals surface area contributed by atoms with Crippen molar-refractivity contribution in [2.75, 3.05) is 7.11 Å². The van der Waals surface area contributed by atoms with Gasteiger partial charge in [0.05, 0.1) is 0 Å². The molecule has 2 heterocycles. The molecule has 0 aliphatic heterocycles. The van der Waals surface area contributed by atoms with Crippen molar-refractivity contribution in [2.24, 2.45) is 7.05 Å². The highest BCUT2D eigenvalue weighted by Gasteiger charge is 2.09. The van der Waals surface area contributed by atoms with Crippen LogP contribution < -0.4 is 0 Å². The summed E-state index contributed by atoms with van der Waals surface area (Å²) in [5.41, 5.74) is 0.954. The van der Waals surface area contributed by atoms with Crippen LogP contribution in [0.3, 0.4) is 0 Å². The second-order valence-electron chi connectivity index (χ2n) is 3.17. The number of ether oxygens (including phenoxy) is 1. The van der Waals surface area contributed by atoms with E-state index < -0.39 is 0 Å². The van der Waals surface area contributed by atoms with Crippen LogP contribution in [0.15, 0.2) is 24.5 Å². The molecule has 2 rings (SSSR count). The summed E-state index contributed by atoms with van der Waals surface area (Å²) in [7, 11) is 3.55. The summed E-state index contributed by atoms with van der Waals surface area (Å²) in [5, 5.41) is 8.14. The zero-order valence-electron chi connectivity index (χ0n) is 8.71. The highest BCUT2D eigenvalue weighted by atomic mass is 16.5. The Labute approximate surface area is 87.7 Å². The Hall–Kier alpha value is -1.75. The smallest absolute Gasteiger partial charge is 0.165 e. The molecule has 2 aromatic rings. The molecule has 0 radical (unpaired) electrons. The average Bonchev–Trinajstić information content (AvgIpc) is 2.63. The zero-order valence-corrected chi connectivity index (χ0v) is 8.71. The van der Waals surface area contributed by atoms with E-state index in [1.165, 1.54) is 0 Å². The number of nitrogens with zero attached hydrogens (tertiary/aromatic N) is 4. The summed E-state index contributed by atoms with van der Waals surface area (Å²) in [5.74, 6) is 1.60. The van der Waals surface area contributed by atoms with Crippen LogP contribution in [0.25, 0.3) is 11.4 Å². The van der Waals surface area contributed by atoms with Crippen LogP contribution >= 0.6 is 0 Å². The van der Waals surface area contributed by atoms with Gasteiger partial charge in [0.25, 0.3) is 0 Å². The molecule has 5 nitrogen and oxygen atoms in total. The van der Waals surface area contributed by atoms with E-state index in [0.29, 0.717) is 6.61 Å². The summed E-state index contributed by atoms with van der Waals surface area (Å²) < 4.78 is 6.92. The van der Waals surface area contributed by atoms with E-state index in [1.54, 1.807) is 19.5 Å². The molecule has 0 aliphatic carbocycles. The lowest BCUT2D eigenvalue weighted by Crippen LogP contribution is -2.00. The van der Waals surface area contributed by atoms with Crippen LogP contribution in [-0.2, 0) is 18.4 Å². The van der Waals surface area contributed by atoms with Crippen LogP contribution in [-0.4, -0.2) is 26.9 Å². The van der Waals surface area contributed by atoms with Gasteiger partial charge in [0.15, 0.2) is 11.6 Å². The topological polar surface area (TPSA) is 52.8 Å². The molecule has 0 saturated carbocycles. The normalized spacial score (nSPS) is 10.5. The third kappa shape index (κ3) is 1.87. The van der Waals surface area contributed by atoms with Gasteiger partial charge < -0.3 is 9.30 Å². The average molecular weight is 204 g/mol. The van der Waals surface area contributed by atoms with Crippen molar-refractivity contribution in [3.8, 4) is 11.4 Å². The highest BCUT2D eigenvalue weighted by molar-refractivity contribution is 5.53. The molecule has 5 heteroatoms. The van der Waals surface area contributed by atoms with Gasteiger partial charge in [-0.15, -0.1) is 10.2 Å². The van der Waals surface area contributed by atoms with Gasteiger partial charge in [0, 0.05) is 32.1 Å². The molecule has 78 valence electrons. The van der Waals surface area contributed by atoms with Gasteiger partial charge in [-0.2, -0.15) is 0 Å². The lowest BCUT2D eigenvalue weighted by atomic mass is 10.3. The molecular weight excluding hydrogens is 192 g/mol. The van der Waals surface area contributed by atoms with Gasteiger partial charge in [0.1, 0.15) is 6.61 Å². The van der Waals surface area contributed by atoms with E-state index in [1.807, 2.05) is 23.7 Å². The number of pyridine rings is 1. The number of methoxy groups -OCH3 is 1. The Morgan fingerprint density at radius 2 is 2.27 bits per heavy atom. The van der Waals surface area contributed by atoms with Crippen LogP contribution in [0.2, 0.25) is 0 Å². The SMILES string of the molecule is COCc1nnc(-c2cccnc2)n1C. The Kier molecular flexibility index (Phi) is 2.73. The summed E-state index contributed by atoms with van der Waals surface area (Å²) >= 11 is 0. The Balaban J connectivity index is 2.38. The summed E-state index contributed by atoms with van der Waals surface area (Å²) in [4.78, 5) is 4.05. The standard InChI is InChI=1S/C10H12N4O/c1-14-9(7-15-2)12-13-10(14)8-4-3-5-11-6-8/h3-6H,7H2,1-2H3. The Morgan fingerprint density at radius 3 is 2.93 bits per heavy atom. The number of hydrogen-bond donors (Lipinski definition) is 0. The third-order valence-electron chi connectivity index (χ3n) is 2.16. The van der Waals surface area contributed by atoms with Crippen molar-refractivity contribution in [1.29, 1.82) is 0 Å². The third-order valence-corrected chi connectivity index (χ3v) is 2.16. The number of aromatic nitrogens is 4. The molecule has 0 aromatic carbocycles. The van der Waals surface area contributed by atoms with Crippen LogP contribution in [0, 0.1) is 0 Å². The zero-order chi connectivity index (χ0) is 10.7. The van der Waals surface area contributed by atoms with Gasteiger partial charge in [-0.05, 0) is 12.1 Å². The fraction of sp³-hybridized carbons (Fsp3) is 0.300. The quantitative estimate of drug-likeness (QED) is 0.749. The summed E-state index contributed by atoms with van der Waals surface area (Å²) in [6.45, 7) is 0.462. The van der Waals surface area contributed by atoms with E-state index in [0.717, 1.165) is 17.2 Å². The van der Waals surface area contributed by atoms with E-state index in [9.17, 15) is 0 Å². The van der Waals surface area contributed by atoms with E-state index >= 15 is 0 Å². The molecule has 0 amide bonds. The maximum Gasteiger partial charge on any atom is 0.165 e. The van der Waals surface area contributed by atoms with Crippen molar-refractivity contribution in [1.82, 2.24) is 19.7 Å². The first-order valence-corrected chi connectivity index (χ1v) is 4.60. The van der Waals surface area contributed by atoms with Crippen LogP contribution in [0.5, 0.6) is 0 Å². The molecule has 0 aliphatic rings. The van der Waals surface area contributed by atoms with E-state index in [-0.39, 0.29) is 0 Å². The van der Waals surface area contributed by atoms with Crippen molar-refractivity contribution < 1.29 is 4.74 Å². The van der Waals surface area contributed by atoms with Crippen molar-refractivity contribution in [3.63, 3.8) is 0 Å².